The summed E-state index contributed by atoms with van der Waals surface area (Å²) in [5.74, 6) is 0. The highest BCUT2D eigenvalue weighted by Crippen LogP contribution is 2.55. The molecule has 1 unspecified atom stereocenters. The molecule has 0 bridgehead atoms. The van der Waals surface area contributed by atoms with Crippen LogP contribution in [0.4, 0.5) is 0 Å². The molecule has 0 aromatic carbocycles. The van der Waals surface area contributed by atoms with Crippen LogP contribution in [0.25, 0.3) is 0 Å². The van der Waals surface area contributed by atoms with Gasteiger partial charge in [-0.25, -0.2) is 0 Å². The number of hydrogen-bond donors (Lipinski definition) is 0. The highest BCUT2D eigenvalue weighted by Gasteiger charge is 2.49. The van der Waals surface area contributed by atoms with E-state index >= 15 is 0 Å². The third-order valence-corrected chi connectivity index (χ3v) is 3.82. The minimum Gasteiger partial charge on any atom is -0.303 e. The molecule has 64 valence electrons. The summed E-state index contributed by atoms with van der Waals surface area (Å²) in [4.78, 5) is 2.58. The van der Waals surface area contributed by atoms with Crippen molar-refractivity contribution in [3.05, 3.63) is 0 Å². The van der Waals surface area contributed by atoms with Gasteiger partial charge in [-0.15, -0.1) is 0 Å². The Hall–Kier alpha value is -0.0400. The first-order valence-corrected chi connectivity index (χ1v) is 4.99. The Bertz CT molecular complexity index is 149. The van der Waals surface area contributed by atoms with Crippen LogP contribution >= 0.6 is 0 Å². The minimum absolute atomic E-state index is 0.769. The van der Waals surface area contributed by atoms with Gasteiger partial charge >= 0.3 is 0 Å². The molecule has 0 amide bonds. The summed E-state index contributed by atoms with van der Waals surface area (Å²) in [6.45, 7) is 3.70. The second-order valence-electron chi connectivity index (χ2n) is 4.35. The highest BCUT2D eigenvalue weighted by atomic mass is 15.2. The first-order valence-electron chi connectivity index (χ1n) is 4.99. The fraction of sp³-hybridized carbons (Fsp3) is 1.00. The quantitative estimate of drug-likeness (QED) is 0.588. The average Bonchev–Trinajstić information content (AvgIpc) is 2.70. The Labute approximate surface area is 69.8 Å². The van der Waals surface area contributed by atoms with Crippen LogP contribution in [0.2, 0.25) is 0 Å². The summed E-state index contributed by atoms with van der Waals surface area (Å²) >= 11 is 0. The van der Waals surface area contributed by atoms with Crippen molar-refractivity contribution in [3.63, 3.8) is 0 Å². The van der Waals surface area contributed by atoms with Crippen LogP contribution in [0.5, 0.6) is 0 Å². The number of likely N-dealkylation sites (tertiary alicyclic amines) is 1. The van der Waals surface area contributed by atoms with Crippen LogP contribution in [0.15, 0.2) is 0 Å². The Morgan fingerprint density at radius 3 is 2.55 bits per heavy atom. The summed E-state index contributed by atoms with van der Waals surface area (Å²) in [6, 6.07) is 0.937. The molecule has 1 atom stereocenters. The van der Waals surface area contributed by atoms with Crippen molar-refractivity contribution in [2.45, 2.75) is 45.1 Å². The van der Waals surface area contributed by atoms with Crippen molar-refractivity contribution in [1.29, 1.82) is 0 Å². The second kappa shape index (κ2) is 2.48. The molecule has 1 saturated heterocycles. The van der Waals surface area contributed by atoms with Crippen LogP contribution in [-0.2, 0) is 0 Å². The van der Waals surface area contributed by atoms with Gasteiger partial charge in [0.2, 0.25) is 0 Å². The molecule has 1 saturated carbocycles. The van der Waals surface area contributed by atoms with Crippen molar-refractivity contribution in [3.8, 4) is 0 Å². The van der Waals surface area contributed by atoms with E-state index in [0.717, 1.165) is 11.5 Å². The molecule has 2 aliphatic rings. The molecule has 11 heavy (non-hydrogen) atoms. The molecule has 0 radical (unpaired) electrons. The molecule has 1 aliphatic carbocycles. The van der Waals surface area contributed by atoms with Crippen molar-refractivity contribution < 1.29 is 0 Å². The van der Waals surface area contributed by atoms with E-state index in [0.29, 0.717) is 0 Å². The zero-order valence-electron chi connectivity index (χ0n) is 7.77. The van der Waals surface area contributed by atoms with Gasteiger partial charge in [0, 0.05) is 6.04 Å². The molecule has 1 heterocycles. The van der Waals surface area contributed by atoms with Crippen molar-refractivity contribution >= 4 is 0 Å². The van der Waals surface area contributed by atoms with Crippen LogP contribution < -0.4 is 0 Å². The maximum atomic E-state index is 2.58. The first-order chi connectivity index (χ1) is 5.28. The molecule has 0 aromatic heterocycles. The van der Waals surface area contributed by atoms with E-state index in [2.05, 4.69) is 18.9 Å². The van der Waals surface area contributed by atoms with E-state index in [-0.39, 0.29) is 0 Å². The van der Waals surface area contributed by atoms with Crippen LogP contribution in [0.3, 0.4) is 0 Å². The summed E-state index contributed by atoms with van der Waals surface area (Å²) in [7, 11) is 2.30. The van der Waals surface area contributed by atoms with E-state index in [1.54, 1.807) is 0 Å². The normalized spacial score (nSPS) is 36.0. The third-order valence-electron chi connectivity index (χ3n) is 3.82. The van der Waals surface area contributed by atoms with E-state index in [1.807, 2.05) is 0 Å². The summed E-state index contributed by atoms with van der Waals surface area (Å²) in [5, 5.41) is 0. The highest BCUT2D eigenvalue weighted by molar-refractivity contribution is 5.03. The smallest absolute Gasteiger partial charge is 0.0149 e. The molecule has 0 aromatic rings. The van der Waals surface area contributed by atoms with Gasteiger partial charge in [0.1, 0.15) is 0 Å². The van der Waals surface area contributed by atoms with Crippen LogP contribution in [0, 0.1) is 5.41 Å². The maximum absolute atomic E-state index is 2.58. The lowest BCUT2D eigenvalue weighted by atomic mass is 9.92. The number of hydrogen-bond acceptors (Lipinski definition) is 1. The van der Waals surface area contributed by atoms with Crippen molar-refractivity contribution in [2.24, 2.45) is 5.41 Å². The number of rotatable bonds is 2. The molecule has 1 nitrogen and oxygen atoms in total. The fourth-order valence-electron chi connectivity index (χ4n) is 2.77. The van der Waals surface area contributed by atoms with E-state index in [9.17, 15) is 0 Å². The predicted molar refractivity (Wildman–Crippen MR) is 47.6 cm³/mol. The average molecular weight is 153 g/mol. The molecule has 2 fully saturated rings. The van der Waals surface area contributed by atoms with E-state index < -0.39 is 0 Å². The summed E-state index contributed by atoms with van der Waals surface area (Å²) < 4.78 is 0. The fourth-order valence-corrected chi connectivity index (χ4v) is 2.77. The van der Waals surface area contributed by atoms with Gasteiger partial charge in [-0.05, 0) is 51.1 Å². The van der Waals surface area contributed by atoms with E-state index in [4.69, 9.17) is 0 Å². The van der Waals surface area contributed by atoms with Gasteiger partial charge in [0.25, 0.3) is 0 Å². The van der Waals surface area contributed by atoms with Gasteiger partial charge in [-0.3, -0.25) is 0 Å². The van der Waals surface area contributed by atoms with Gasteiger partial charge in [0.05, 0.1) is 0 Å². The molecule has 1 aliphatic heterocycles. The Kier molecular flexibility index (Phi) is 1.71. The predicted octanol–water partition coefficient (Wildman–Crippen LogP) is 2.27. The second-order valence-corrected chi connectivity index (χ2v) is 4.35. The largest absolute Gasteiger partial charge is 0.303 e. The summed E-state index contributed by atoms with van der Waals surface area (Å²) in [5.41, 5.74) is 0.769. The van der Waals surface area contributed by atoms with Gasteiger partial charge in [-0.1, -0.05) is 6.92 Å². The Morgan fingerprint density at radius 2 is 2.18 bits per heavy atom. The summed E-state index contributed by atoms with van der Waals surface area (Å²) in [6.07, 6.45) is 7.30. The van der Waals surface area contributed by atoms with Crippen molar-refractivity contribution in [1.82, 2.24) is 4.90 Å². The zero-order chi connectivity index (χ0) is 7.90. The monoisotopic (exact) mass is 153 g/mol. The number of nitrogens with zero attached hydrogens (tertiary/aromatic N) is 1. The molecule has 0 N–H and O–H groups in total. The topological polar surface area (TPSA) is 3.24 Å². The lowest BCUT2D eigenvalue weighted by Crippen LogP contribution is -2.33. The lowest BCUT2D eigenvalue weighted by Gasteiger charge is -2.27. The van der Waals surface area contributed by atoms with Gasteiger partial charge in [0.15, 0.2) is 0 Å². The molecule has 1 heteroatoms. The third kappa shape index (κ3) is 1.10. The first kappa shape index (κ1) is 7.60. The zero-order valence-corrected chi connectivity index (χ0v) is 7.77. The Morgan fingerprint density at radius 1 is 1.45 bits per heavy atom. The maximum Gasteiger partial charge on any atom is 0.0149 e. The Balaban J connectivity index is 2.03. The standard InChI is InChI=1S/C10H19N/c1-3-10(6-7-10)9-5-4-8-11(9)2/h9H,3-8H2,1-2H3. The van der Waals surface area contributed by atoms with Crippen molar-refractivity contribution in [2.75, 3.05) is 13.6 Å². The molecular weight excluding hydrogens is 134 g/mol. The van der Waals surface area contributed by atoms with Gasteiger partial charge in [-0.2, -0.15) is 0 Å². The molecule has 2 rings (SSSR count). The van der Waals surface area contributed by atoms with Crippen LogP contribution in [-0.4, -0.2) is 24.5 Å². The lowest BCUT2D eigenvalue weighted by molar-refractivity contribution is 0.204. The van der Waals surface area contributed by atoms with Crippen LogP contribution in [0.1, 0.15) is 39.0 Å². The molecular formula is C10H19N. The molecule has 0 spiro atoms. The van der Waals surface area contributed by atoms with Gasteiger partial charge < -0.3 is 4.90 Å². The van der Waals surface area contributed by atoms with E-state index in [1.165, 1.54) is 38.6 Å². The SMILES string of the molecule is CCC1(C2CCCN2C)CC1. The minimum atomic E-state index is 0.769.